The van der Waals surface area contributed by atoms with Crippen LogP contribution in [0, 0.1) is 0 Å². The van der Waals surface area contributed by atoms with E-state index in [1.54, 1.807) is 18.2 Å². The topological polar surface area (TPSA) is 103 Å². The van der Waals surface area contributed by atoms with Gasteiger partial charge < -0.3 is 0 Å². The molecule has 0 saturated heterocycles. The van der Waals surface area contributed by atoms with Crippen molar-refractivity contribution in [3.63, 3.8) is 0 Å². The molecular weight excluding hydrogens is 425 g/mol. The van der Waals surface area contributed by atoms with Crippen LogP contribution >= 0.6 is 0 Å². The van der Waals surface area contributed by atoms with Crippen LogP contribution in [0.2, 0.25) is 0 Å². The first-order valence-corrected chi connectivity index (χ1v) is 10.1. The van der Waals surface area contributed by atoms with E-state index in [1.165, 1.54) is 39.6 Å². The van der Waals surface area contributed by atoms with Gasteiger partial charge in [0.2, 0.25) is 0 Å². The lowest BCUT2D eigenvalue weighted by molar-refractivity contribution is -0.0447. The lowest BCUT2D eigenvalue weighted by Gasteiger charge is -2.10. The Morgan fingerprint density at radius 1 is 0.967 bits per heavy atom. The highest BCUT2D eigenvalue weighted by Gasteiger charge is 2.45. The molecule has 30 heavy (non-hydrogen) atoms. The number of nitrogens with one attached hydrogen (secondary N) is 1. The first kappa shape index (κ1) is 20.0. The molecule has 0 unspecified atom stereocenters. The van der Waals surface area contributed by atoms with Gasteiger partial charge in [-0.15, -0.1) is 0 Å². The van der Waals surface area contributed by atoms with E-state index in [4.69, 9.17) is 0 Å². The molecule has 3 aromatic heterocycles. The van der Waals surface area contributed by atoms with E-state index in [0.717, 1.165) is 4.57 Å². The highest BCUT2D eigenvalue weighted by molar-refractivity contribution is 7.90. The fourth-order valence-electron chi connectivity index (χ4n) is 3.13. The van der Waals surface area contributed by atoms with Gasteiger partial charge in [-0.3, -0.25) is 14.0 Å². The summed E-state index contributed by atoms with van der Waals surface area (Å²) in [6.07, 6.45) is 1.37. The second-order valence-electron chi connectivity index (χ2n) is 6.45. The van der Waals surface area contributed by atoms with Crippen molar-refractivity contribution < 1.29 is 21.6 Å². The van der Waals surface area contributed by atoms with E-state index in [9.17, 15) is 31.2 Å². The monoisotopic (exact) mass is 438 g/mol. The molecule has 0 atom stereocenters. The van der Waals surface area contributed by atoms with Gasteiger partial charge in [-0.2, -0.15) is 13.2 Å². The molecule has 0 radical (unpaired) electrons. The van der Waals surface area contributed by atoms with Crippen molar-refractivity contribution in [2.75, 3.05) is 6.54 Å². The second-order valence-corrected chi connectivity index (χ2v) is 8.21. The minimum Gasteiger partial charge on any atom is -0.283 e. The van der Waals surface area contributed by atoms with E-state index in [-0.39, 0.29) is 23.1 Å². The lowest BCUT2D eigenvalue weighted by atomic mass is 10.1. The molecule has 0 saturated carbocycles. The van der Waals surface area contributed by atoms with Gasteiger partial charge in [0.1, 0.15) is 16.7 Å². The zero-order chi connectivity index (χ0) is 21.7. The van der Waals surface area contributed by atoms with Gasteiger partial charge in [-0.1, -0.05) is 18.2 Å². The van der Waals surface area contributed by atoms with Crippen molar-refractivity contribution in [3.05, 3.63) is 74.9 Å². The normalized spacial score (nSPS) is 12.8. The first-order chi connectivity index (χ1) is 14.1. The highest BCUT2D eigenvalue weighted by atomic mass is 32.2. The molecule has 0 amide bonds. The van der Waals surface area contributed by atoms with E-state index < -0.39 is 33.2 Å². The average molecular weight is 438 g/mol. The van der Waals surface area contributed by atoms with Crippen LogP contribution in [-0.2, 0) is 16.4 Å². The smallest absolute Gasteiger partial charge is 0.283 e. The van der Waals surface area contributed by atoms with Crippen LogP contribution in [0.5, 0.6) is 0 Å². The SMILES string of the molecule is O=c1c2cccc3ncc(c(=O)n1-c1ccc(CCNS(=O)(=O)C(F)(F)F)cc1)n32. The number of rotatable bonds is 5. The van der Waals surface area contributed by atoms with Gasteiger partial charge in [-0.05, 0) is 36.2 Å². The van der Waals surface area contributed by atoms with E-state index in [2.05, 4.69) is 4.98 Å². The zero-order valence-corrected chi connectivity index (χ0v) is 15.9. The summed E-state index contributed by atoms with van der Waals surface area (Å²) in [5.74, 6) is 0. The molecule has 0 bridgehead atoms. The number of sulfonamides is 1. The van der Waals surface area contributed by atoms with Crippen molar-refractivity contribution >= 4 is 26.7 Å². The van der Waals surface area contributed by atoms with Crippen LogP contribution in [0.1, 0.15) is 5.56 Å². The summed E-state index contributed by atoms with van der Waals surface area (Å²) >= 11 is 0. The molecular formula is C18H13F3N4O4S. The Labute approximate surface area is 166 Å². The quantitative estimate of drug-likeness (QED) is 0.508. The van der Waals surface area contributed by atoms with Gasteiger partial charge in [-0.25, -0.2) is 22.7 Å². The third kappa shape index (κ3) is 3.23. The molecule has 0 spiro atoms. The van der Waals surface area contributed by atoms with Gasteiger partial charge >= 0.3 is 15.5 Å². The van der Waals surface area contributed by atoms with Crippen LogP contribution in [0.25, 0.3) is 22.4 Å². The van der Waals surface area contributed by atoms with Crippen molar-refractivity contribution in [2.24, 2.45) is 0 Å². The summed E-state index contributed by atoms with van der Waals surface area (Å²) in [6.45, 7) is -0.454. The third-order valence-corrected chi connectivity index (χ3v) is 5.77. The fourth-order valence-corrected chi connectivity index (χ4v) is 3.67. The molecule has 1 N–H and O–H groups in total. The number of aromatic nitrogens is 3. The number of hydrogen-bond donors (Lipinski definition) is 1. The summed E-state index contributed by atoms with van der Waals surface area (Å²) in [5.41, 5.74) is -4.71. The van der Waals surface area contributed by atoms with E-state index in [1.807, 2.05) is 0 Å². The number of hydrogen-bond acceptors (Lipinski definition) is 5. The molecule has 0 fully saturated rings. The van der Waals surface area contributed by atoms with Crippen LogP contribution in [0.3, 0.4) is 0 Å². The van der Waals surface area contributed by atoms with Crippen LogP contribution in [0.4, 0.5) is 13.2 Å². The highest BCUT2D eigenvalue weighted by Crippen LogP contribution is 2.21. The van der Waals surface area contributed by atoms with Gasteiger partial charge in [0.25, 0.3) is 11.1 Å². The molecule has 1 aromatic carbocycles. The Bertz CT molecular complexity index is 1460. The number of pyridine rings is 1. The van der Waals surface area contributed by atoms with Gasteiger partial charge in [0, 0.05) is 6.54 Å². The Hall–Kier alpha value is -3.25. The predicted molar refractivity (Wildman–Crippen MR) is 102 cm³/mol. The molecule has 8 nitrogen and oxygen atoms in total. The minimum absolute atomic E-state index is 0.0104. The standard InChI is InChI=1S/C18H13F3N4O4S/c19-18(20,21)30(28,29)23-9-8-11-4-6-12(7-5-11)24-16(26)13-2-1-3-15-22-10-14(17(24)27)25(13)15/h1-7,10,23H,8-9H2. The van der Waals surface area contributed by atoms with Crippen molar-refractivity contribution in [3.8, 4) is 5.69 Å². The number of alkyl halides is 3. The first-order valence-electron chi connectivity index (χ1n) is 8.60. The number of halogens is 3. The third-order valence-electron chi connectivity index (χ3n) is 4.58. The van der Waals surface area contributed by atoms with Crippen molar-refractivity contribution in [1.82, 2.24) is 18.7 Å². The van der Waals surface area contributed by atoms with Gasteiger partial charge in [0.05, 0.1) is 11.9 Å². The van der Waals surface area contributed by atoms with Gasteiger partial charge in [0.15, 0.2) is 0 Å². The molecule has 12 heteroatoms. The Kier molecular flexibility index (Phi) is 4.62. The second kappa shape index (κ2) is 6.92. The summed E-state index contributed by atoms with van der Waals surface area (Å²) in [5, 5.41) is 0. The van der Waals surface area contributed by atoms with E-state index >= 15 is 0 Å². The summed E-state index contributed by atoms with van der Waals surface area (Å²) in [6, 6.07) is 10.8. The van der Waals surface area contributed by atoms with Crippen LogP contribution in [-0.4, -0.2) is 34.4 Å². The maximum Gasteiger partial charge on any atom is 0.511 e. The average Bonchev–Trinajstić information content (AvgIpc) is 3.12. The molecule has 0 aliphatic heterocycles. The number of nitrogens with zero attached hydrogens (tertiary/aromatic N) is 3. The minimum atomic E-state index is -5.41. The molecule has 156 valence electrons. The Morgan fingerprint density at radius 3 is 2.30 bits per heavy atom. The predicted octanol–water partition coefficient (Wildman–Crippen LogP) is 1.42. The zero-order valence-electron chi connectivity index (χ0n) is 15.0. The lowest BCUT2D eigenvalue weighted by Crippen LogP contribution is -2.37. The molecule has 0 aliphatic rings. The number of benzene rings is 1. The maximum absolute atomic E-state index is 12.8. The number of imidazole rings is 1. The largest absolute Gasteiger partial charge is 0.511 e. The summed E-state index contributed by atoms with van der Waals surface area (Å²) < 4.78 is 62.9. The van der Waals surface area contributed by atoms with Crippen LogP contribution < -0.4 is 15.8 Å². The molecule has 4 rings (SSSR count). The summed E-state index contributed by atoms with van der Waals surface area (Å²) in [7, 11) is -5.41. The molecule has 0 aliphatic carbocycles. The molecule has 3 heterocycles. The van der Waals surface area contributed by atoms with Crippen molar-refractivity contribution in [2.45, 2.75) is 11.9 Å². The Morgan fingerprint density at radius 2 is 1.63 bits per heavy atom. The summed E-state index contributed by atoms with van der Waals surface area (Å²) in [4.78, 5) is 29.8. The Balaban J connectivity index is 1.63. The molecule has 4 aromatic rings. The fraction of sp³-hybridized carbons (Fsp3) is 0.167. The van der Waals surface area contributed by atoms with E-state index in [0.29, 0.717) is 11.2 Å². The van der Waals surface area contributed by atoms with Crippen LogP contribution in [0.15, 0.2) is 58.3 Å². The van der Waals surface area contributed by atoms with Crippen molar-refractivity contribution in [1.29, 1.82) is 0 Å². The maximum atomic E-state index is 12.8.